The summed E-state index contributed by atoms with van der Waals surface area (Å²) in [6.45, 7) is 3.87. The first-order chi connectivity index (χ1) is 10.1. The number of fused-ring (bicyclic) bond motifs is 1. The molecule has 4 nitrogen and oxygen atoms in total. The van der Waals surface area contributed by atoms with Crippen molar-refractivity contribution in [1.29, 1.82) is 0 Å². The second-order valence-electron chi connectivity index (χ2n) is 5.17. The molecule has 1 aliphatic heterocycles. The molecular weight excluding hydrogens is 268 g/mol. The summed E-state index contributed by atoms with van der Waals surface area (Å²) in [7, 11) is 0. The van der Waals surface area contributed by atoms with Gasteiger partial charge in [-0.25, -0.2) is 0 Å². The van der Waals surface area contributed by atoms with Crippen LogP contribution in [0, 0.1) is 5.92 Å². The van der Waals surface area contributed by atoms with E-state index in [4.69, 9.17) is 14.2 Å². The SMILES string of the molecule is CC(C)C(=O)Oc1cccc(-c2ccc3c(c2)OCO3)c1. The van der Waals surface area contributed by atoms with E-state index in [-0.39, 0.29) is 18.7 Å². The van der Waals surface area contributed by atoms with Gasteiger partial charge in [-0.15, -0.1) is 0 Å². The molecule has 0 spiro atoms. The zero-order valence-corrected chi connectivity index (χ0v) is 12.0. The molecule has 0 atom stereocenters. The molecule has 0 unspecified atom stereocenters. The zero-order chi connectivity index (χ0) is 14.8. The zero-order valence-electron chi connectivity index (χ0n) is 12.0. The maximum atomic E-state index is 11.7. The van der Waals surface area contributed by atoms with Crippen molar-refractivity contribution in [2.75, 3.05) is 6.79 Å². The predicted octanol–water partition coefficient (Wildman–Crippen LogP) is 3.64. The molecule has 0 bridgehead atoms. The number of hydrogen-bond donors (Lipinski definition) is 0. The Morgan fingerprint density at radius 3 is 2.62 bits per heavy atom. The molecule has 1 aliphatic rings. The topological polar surface area (TPSA) is 44.8 Å². The van der Waals surface area contributed by atoms with Crippen LogP contribution in [0.5, 0.6) is 17.2 Å². The number of hydrogen-bond acceptors (Lipinski definition) is 4. The summed E-state index contributed by atoms with van der Waals surface area (Å²) in [6.07, 6.45) is 0. The van der Waals surface area contributed by atoms with E-state index < -0.39 is 0 Å². The van der Waals surface area contributed by atoms with Gasteiger partial charge in [0.05, 0.1) is 5.92 Å². The van der Waals surface area contributed by atoms with E-state index in [1.54, 1.807) is 6.07 Å². The molecule has 0 fully saturated rings. The average Bonchev–Trinajstić information content (AvgIpc) is 2.94. The van der Waals surface area contributed by atoms with E-state index in [0.29, 0.717) is 5.75 Å². The number of carbonyl (C=O) groups excluding carboxylic acids is 1. The lowest BCUT2D eigenvalue weighted by molar-refractivity contribution is -0.137. The van der Waals surface area contributed by atoms with E-state index >= 15 is 0 Å². The molecule has 108 valence electrons. The van der Waals surface area contributed by atoms with Crippen molar-refractivity contribution < 1.29 is 19.0 Å². The Labute approximate surface area is 123 Å². The minimum absolute atomic E-state index is 0.154. The Bertz CT molecular complexity index is 676. The normalized spacial score (nSPS) is 12.5. The van der Waals surface area contributed by atoms with Crippen LogP contribution in [-0.4, -0.2) is 12.8 Å². The highest BCUT2D eigenvalue weighted by atomic mass is 16.7. The third-order valence-electron chi connectivity index (χ3n) is 3.23. The second-order valence-corrected chi connectivity index (χ2v) is 5.17. The van der Waals surface area contributed by atoms with Gasteiger partial charge >= 0.3 is 5.97 Å². The summed E-state index contributed by atoms with van der Waals surface area (Å²) in [4.78, 5) is 11.7. The average molecular weight is 284 g/mol. The summed E-state index contributed by atoms with van der Waals surface area (Å²) in [6, 6.07) is 13.2. The predicted molar refractivity (Wildman–Crippen MR) is 78.5 cm³/mol. The van der Waals surface area contributed by atoms with Gasteiger partial charge in [-0.2, -0.15) is 0 Å². The minimum atomic E-state index is -0.238. The maximum absolute atomic E-state index is 11.7. The van der Waals surface area contributed by atoms with Gasteiger partial charge in [0.25, 0.3) is 0 Å². The number of ether oxygens (including phenoxy) is 3. The maximum Gasteiger partial charge on any atom is 0.313 e. The third kappa shape index (κ3) is 2.84. The van der Waals surface area contributed by atoms with Crippen molar-refractivity contribution in [3.05, 3.63) is 42.5 Å². The molecule has 1 heterocycles. The molecule has 0 N–H and O–H groups in total. The molecule has 0 aromatic heterocycles. The molecule has 0 radical (unpaired) electrons. The van der Waals surface area contributed by atoms with Crippen molar-refractivity contribution in [1.82, 2.24) is 0 Å². The van der Waals surface area contributed by atoms with Gasteiger partial charge in [-0.3, -0.25) is 4.79 Å². The molecule has 0 saturated heterocycles. The number of esters is 1. The largest absolute Gasteiger partial charge is 0.454 e. The lowest BCUT2D eigenvalue weighted by Crippen LogP contribution is -2.14. The number of benzene rings is 2. The van der Waals surface area contributed by atoms with Crippen molar-refractivity contribution >= 4 is 5.97 Å². The Balaban J connectivity index is 1.87. The van der Waals surface area contributed by atoms with E-state index in [2.05, 4.69) is 0 Å². The highest BCUT2D eigenvalue weighted by molar-refractivity contribution is 5.75. The van der Waals surface area contributed by atoms with E-state index in [0.717, 1.165) is 22.6 Å². The van der Waals surface area contributed by atoms with Gasteiger partial charge in [-0.1, -0.05) is 32.0 Å². The summed E-state index contributed by atoms with van der Waals surface area (Å²) < 4.78 is 16.0. The second kappa shape index (κ2) is 5.48. The van der Waals surface area contributed by atoms with Crippen molar-refractivity contribution in [2.45, 2.75) is 13.8 Å². The molecular formula is C17H16O4. The monoisotopic (exact) mass is 284 g/mol. The van der Waals surface area contributed by atoms with E-state index in [1.807, 2.05) is 50.2 Å². The van der Waals surface area contributed by atoms with Gasteiger partial charge in [-0.05, 0) is 35.4 Å². The molecule has 2 aromatic carbocycles. The summed E-state index contributed by atoms with van der Waals surface area (Å²) in [5.74, 6) is 1.64. The van der Waals surface area contributed by atoms with Crippen LogP contribution >= 0.6 is 0 Å². The third-order valence-corrected chi connectivity index (χ3v) is 3.23. The number of rotatable bonds is 3. The van der Waals surface area contributed by atoms with Gasteiger partial charge in [0, 0.05) is 0 Å². The fourth-order valence-electron chi connectivity index (χ4n) is 2.05. The lowest BCUT2D eigenvalue weighted by atomic mass is 10.0. The molecule has 0 aliphatic carbocycles. The van der Waals surface area contributed by atoms with Gasteiger partial charge in [0.15, 0.2) is 11.5 Å². The molecule has 3 rings (SSSR count). The Hall–Kier alpha value is -2.49. The van der Waals surface area contributed by atoms with E-state index in [1.165, 1.54) is 0 Å². The van der Waals surface area contributed by atoms with Crippen LogP contribution in [0.15, 0.2) is 42.5 Å². The van der Waals surface area contributed by atoms with Gasteiger partial charge in [0.2, 0.25) is 6.79 Å². The fourth-order valence-corrected chi connectivity index (χ4v) is 2.05. The molecule has 21 heavy (non-hydrogen) atoms. The Morgan fingerprint density at radius 1 is 1.05 bits per heavy atom. The van der Waals surface area contributed by atoms with Crippen molar-refractivity contribution in [3.63, 3.8) is 0 Å². The van der Waals surface area contributed by atoms with Crippen LogP contribution in [0.2, 0.25) is 0 Å². The van der Waals surface area contributed by atoms with Crippen molar-refractivity contribution in [2.24, 2.45) is 5.92 Å². The highest BCUT2D eigenvalue weighted by Gasteiger charge is 2.14. The van der Waals surface area contributed by atoms with Crippen LogP contribution in [0.25, 0.3) is 11.1 Å². The summed E-state index contributed by atoms with van der Waals surface area (Å²) in [5, 5.41) is 0. The molecule has 4 heteroatoms. The molecule has 0 amide bonds. The smallest absolute Gasteiger partial charge is 0.313 e. The van der Waals surface area contributed by atoms with Gasteiger partial charge in [0.1, 0.15) is 5.75 Å². The Kier molecular flexibility index (Phi) is 3.52. The summed E-state index contributed by atoms with van der Waals surface area (Å²) in [5.41, 5.74) is 1.95. The summed E-state index contributed by atoms with van der Waals surface area (Å²) >= 11 is 0. The van der Waals surface area contributed by atoms with Crippen LogP contribution < -0.4 is 14.2 Å². The van der Waals surface area contributed by atoms with Crippen LogP contribution in [0.3, 0.4) is 0 Å². The van der Waals surface area contributed by atoms with Crippen molar-refractivity contribution in [3.8, 4) is 28.4 Å². The number of carbonyl (C=O) groups is 1. The Morgan fingerprint density at radius 2 is 1.81 bits per heavy atom. The highest BCUT2D eigenvalue weighted by Crippen LogP contribution is 2.36. The van der Waals surface area contributed by atoms with Crippen LogP contribution in [0.4, 0.5) is 0 Å². The first kappa shape index (κ1) is 13.5. The fraction of sp³-hybridized carbons (Fsp3) is 0.235. The molecule has 2 aromatic rings. The first-order valence-corrected chi connectivity index (χ1v) is 6.85. The lowest BCUT2D eigenvalue weighted by Gasteiger charge is -2.09. The minimum Gasteiger partial charge on any atom is -0.454 e. The standard InChI is InChI=1S/C17H16O4/c1-11(2)17(18)21-14-5-3-4-12(8-14)13-6-7-15-16(9-13)20-10-19-15/h3-9,11H,10H2,1-2H3. The van der Waals surface area contributed by atoms with Gasteiger partial charge < -0.3 is 14.2 Å². The van der Waals surface area contributed by atoms with E-state index in [9.17, 15) is 4.79 Å². The quantitative estimate of drug-likeness (QED) is 0.637. The molecule has 0 saturated carbocycles. The van der Waals surface area contributed by atoms with Crippen LogP contribution in [0.1, 0.15) is 13.8 Å². The van der Waals surface area contributed by atoms with Crippen LogP contribution in [-0.2, 0) is 4.79 Å². The first-order valence-electron chi connectivity index (χ1n) is 6.85.